The van der Waals surface area contributed by atoms with Gasteiger partial charge in [-0.05, 0) is 0 Å². The quantitative estimate of drug-likeness (QED) is 0.0652. The minimum absolute atomic E-state index is 0.0383. The second-order valence-corrected chi connectivity index (χ2v) is 11.4. The Labute approximate surface area is 245 Å². The third-order valence-electron chi connectivity index (χ3n) is 6.33. The van der Waals surface area contributed by atoms with E-state index >= 15 is 0 Å². The standard InChI is InChI=1S/C22H40N6O11S2/c1-35-17-9(7-29)38-20(14(15(17)33)28-12(32)4-6-41-22(25)26)39-18-10(8-30)37-19(36-2)13(16(18)34)27-11(31)3-5-40-21(23)24/h9-10,13-20,29-30,33-34H,3-8H2,1-2H3,(H3,23,24)(H3,25,26)(H,27,31)(H,28,32). The minimum atomic E-state index is -1.54. The van der Waals surface area contributed by atoms with Crippen LogP contribution in [0.5, 0.6) is 0 Å². The van der Waals surface area contributed by atoms with Crippen LogP contribution in [-0.4, -0.2) is 143 Å². The van der Waals surface area contributed by atoms with Crippen molar-refractivity contribution < 1.29 is 53.7 Å². The Morgan fingerprint density at radius 2 is 1.24 bits per heavy atom. The van der Waals surface area contributed by atoms with E-state index in [1.807, 2.05) is 0 Å². The summed E-state index contributed by atoms with van der Waals surface area (Å²) in [5.41, 5.74) is 10.6. The van der Waals surface area contributed by atoms with Crippen LogP contribution >= 0.6 is 23.5 Å². The molecule has 0 aromatic rings. The average molecular weight is 629 g/mol. The molecule has 0 bridgehead atoms. The van der Waals surface area contributed by atoms with Crippen LogP contribution < -0.4 is 22.1 Å². The zero-order valence-electron chi connectivity index (χ0n) is 22.6. The van der Waals surface area contributed by atoms with Crippen molar-refractivity contribution in [3.8, 4) is 0 Å². The van der Waals surface area contributed by atoms with Crippen LogP contribution in [0.2, 0.25) is 0 Å². The summed E-state index contributed by atoms with van der Waals surface area (Å²) in [6, 6.07) is -2.44. The van der Waals surface area contributed by atoms with Gasteiger partial charge in [-0.1, -0.05) is 23.5 Å². The van der Waals surface area contributed by atoms with Gasteiger partial charge in [0.05, 0.1) is 13.2 Å². The van der Waals surface area contributed by atoms with E-state index < -0.39 is 86.3 Å². The van der Waals surface area contributed by atoms with Gasteiger partial charge in [-0.25, -0.2) is 0 Å². The molecule has 2 aliphatic heterocycles. The molecule has 236 valence electrons. The average Bonchev–Trinajstić information content (AvgIpc) is 2.92. The fourth-order valence-corrected chi connectivity index (χ4v) is 5.41. The lowest BCUT2D eigenvalue weighted by Crippen LogP contribution is -2.69. The molecule has 0 aromatic heterocycles. The van der Waals surface area contributed by atoms with Crippen molar-refractivity contribution in [3.05, 3.63) is 0 Å². The number of hydrogen-bond acceptors (Lipinski definition) is 15. The van der Waals surface area contributed by atoms with Crippen molar-refractivity contribution in [3.63, 3.8) is 0 Å². The first-order chi connectivity index (χ1) is 19.5. The van der Waals surface area contributed by atoms with Crippen LogP contribution in [0.3, 0.4) is 0 Å². The van der Waals surface area contributed by atoms with Gasteiger partial charge in [0.25, 0.3) is 0 Å². The number of amides is 2. The maximum atomic E-state index is 12.6. The van der Waals surface area contributed by atoms with Crippen molar-refractivity contribution in [2.24, 2.45) is 11.5 Å². The Balaban J connectivity index is 2.26. The van der Waals surface area contributed by atoms with Crippen LogP contribution in [0.25, 0.3) is 0 Å². The molecule has 10 unspecified atom stereocenters. The summed E-state index contributed by atoms with van der Waals surface area (Å²) in [6.07, 6.45) is -10.4. The number of rotatable bonds is 14. The summed E-state index contributed by atoms with van der Waals surface area (Å²) >= 11 is 1.92. The van der Waals surface area contributed by atoms with Crippen molar-refractivity contribution in [2.75, 3.05) is 38.9 Å². The highest BCUT2D eigenvalue weighted by molar-refractivity contribution is 8.13. The Morgan fingerprint density at radius 3 is 1.68 bits per heavy atom. The molecule has 41 heavy (non-hydrogen) atoms. The van der Waals surface area contributed by atoms with E-state index in [2.05, 4.69) is 10.6 Å². The number of methoxy groups -OCH3 is 2. The number of aliphatic hydroxyl groups is 4. The van der Waals surface area contributed by atoms with Crippen LogP contribution in [0.15, 0.2) is 0 Å². The Morgan fingerprint density at radius 1 is 0.805 bits per heavy atom. The molecule has 10 atom stereocenters. The highest BCUT2D eigenvalue weighted by Gasteiger charge is 2.52. The molecule has 2 rings (SSSR count). The number of carbonyl (C=O) groups excluding carboxylic acids is 2. The van der Waals surface area contributed by atoms with E-state index in [-0.39, 0.29) is 34.7 Å². The number of aliphatic hydroxyl groups excluding tert-OH is 4. The van der Waals surface area contributed by atoms with Gasteiger partial charge >= 0.3 is 0 Å². The Hall–Kier alpha value is -1.78. The zero-order valence-corrected chi connectivity index (χ0v) is 24.3. The van der Waals surface area contributed by atoms with Gasteiger partial charge in [0.15, 0.2) is 22.9 Å². The Kier molecular flexibility index (Phi) is 15.0. The van der Waals surface area contributed by atoms with E-state index in [0.717, 1.165) is 23.5 Å². The molecule has 2 heterocycles. The lowest BCUT2D eigenvalue weighted by atomic mass is 9.94. The Bertz CT molecular complexity index is 893. The molecule has 2 fully saturated rings. The first-order valence-corrected chi connectivity index (χ1v) is 14.6. The third-order valence-corrected chi connectivity index (χ3v) is 7.77. The second-order valence-electron chi connectivity index (χ2n) is 9.08. The number of amidine groups is 2. The second kappa shape index (κ2) is 17.4. The molecule has 17 nitrogen and oxygen atoms in total. The molecular weight excluding hydrogens is 588 g/mol. The summed E-state index contributed by atoms with van der Waals surface area (Å²) in [4.78, 5) is 25.2. The van der Waals surface area contributed by atoms with Crippen molar-refractivity contribution in [1.82, 2.24) is 10.6 Å². The van der Waals surface area contributed by atoms with E-state index in [1.165, 1.54) is 14.2 Å². The summed E-state index contributed by atoms with van der Waals surface area (Å²) in [5, 5.41) is 61.5. The molecule has 0 spiro atoms. The van der Waals surface area contributed by atoms with E-state index in [4.69, 9.17) is 46.0 Å². The SMILES string of the molecule is COC1OC(CO)C(OC2OC(CO)C(OC)C(O)C2NC(=O)CCSC(=N)N)C(O)C1NC(=O)CCSC(=N)N. The van der Waals surface area contributed by atoms with Gasteiger partial charge in [0.1, 0.15) is 48.7 Å². The molecule has 19 heteroatoms. The largest absolute Gasteiger partial charge is 0.394 e. The van der Waals surface area contributed by atoms with Gasteiger partial charge in [0, 0.05) is 38.6 Å². The number of carbonyl (C=O) groups is 2. The van der Waals surface area contributed by atoms with Gasteiger partial charge in [-0.2, -0.15) is 0 Å². The van der Waals surface area contributed by atoms with Crippen LogP contribution in [0, 0.1) is 10.8 Å². The molecule has 0 aliphatic carbocycles. The van der Waals surface area contributed by atoms with Gasteiger partial charge < -0.3 is 66.2 Å². The molecule has 0 saturated carbocycles. The van der Waals surface area contributed by atoms with Gasteiger partial charge in [0.2, 0.25) is 11.8 Å². The van der Waals surface area contributed by atoms with Crippen LogP contribution in [-0.2, 0) is 33.3 Å². The minimum Gasteiger partial charge on any atom is -0.394 e. The summed E-state index contributed by atoms with van der Waals surface area (Å²) in [5.74, 6) is -0.638. The predicted molar refractivity (Wildman–Crippen MR) is 148 cm³/mol. The normalized spacial score (nSPS) is 33.6. The molecule has 2 saturated heterocycles. The summed E-state index contributed by atoms with van der Waals surface area (Å²) in [6.45, 7) is -1.22. The molecule has 0 radical (unpaired) electrons. The predicted octanol–water partition coefficient (Wildman–Crippen LogP) is -3.81. The van der Waals surface area contributed by atoms with Gasteiger partial charge in [-0.3, -0.25) is 20.4 Å². The van der Waals surface area contributed by atoms with Crippen molar-refractivity contribution in [2.45, 2.75) is 74.1 Å². The fourth-order valence-electron chi connectivity index (χ4n) is 4.40. The van der Waals surface area contributed by atoms with Crippen LogP contribution in [0.1, 0.15) is 12.8 Å². The number of ether oxygens (including phenoxy) is 5. The number of hydrogen-bond donors (Lipinski definition) is 10. The van der Waals surface area contributed by atoms with Crippen LogP contribution in [0.4, 0.5) is 0 Å². The lowest BCUT2D eigenvalue weighted by molar-refractivity contribution is -0.331. The maximum absolute atomic E-state index is 12.6. The monoisotopic (exact) mass is 628 g/mol. The van der Waals surface area contributed by atoms with Crippen molar-refractivity contribution in [1.29, 1.82) is 10.8 Å². The highest BCUT2D eigenvalue weighted by atomic mass is 32.2. The fraction of sp³-hybridized carbons (Fsp3) is 0.818. The van der Waals surface area contributed by atoms with E-state index in [9.17, 15) is 30.0 Å². The number of nitrogens with two attached hydrogens (primary N) is 2. The summed E-state index contributed by atoms with van der Waals surface area (Å²) in [7, 11) is 2.57. The first-order valence-electron chi connectivity index (χ1n) is 12.6. The zero-order chi connectivity index (χ0) is 30.7. The third kappa shape index (κ3) is 10.2. The molecule has 12 N–H and O–H groups in total. The molecule has 2 amide bonds. The van der Waals surface area contributed by atoms with E-state index in [0.29, 0.717) is 0 Å². The maximum Gasteiger partial charge on any atom is 0.221 e. The number of nitrogens with one attached hydrogen (secondary N) is 4. The lowest BCUT2D eigenvalue weighted by Gasteiger charge is -2.48. The number of thioether (sulfide) groups is 2. The first kappa shape index (κ1) is 35.4. The topological polar surface area (TPSA) is 285 Å². The van der Waals surface area contributed by atoms with E-state index in [1.54, 1.807) is 0 Å². The molecule has 2 aliphatic rings. The summed E-state index contributed by atoms with van der Waals surface area (Å²) < 4.78 is 28.1. The van der Waals surface area contributed by atoms with Crippen molar-refractivity contribution >= 4 is 45.7 Å². The highest BCUT2D eigenvalue weighted by Crippen LogP contribution is 2.30. The molecular formula is C22H40N6O11S2. The van der Waals surface area contributed by atoms with Gasteiger partial charge in [-0.15, -0.1) is 0 Å². The molecule has 0 aromatic carbocycles. The smallest absolute Gasteiger partial charge is 0.221 e.